The number of hydrogen-bond donors (Lipinski definition) is 1. The lowest BCUT2D eigenvalue weighted by molar-refractivity contribution is 0.411. The molecule has 0 aliphatic heterocycles. The number of methoxy groups -OCH3 is 1. The van der Waals surface area contributed by atoms with E-state index in [-0.39, 0.29) is 5.56 Å². The molecule has 0 bridgehead atoms. The van der Waals surface area contributed by atoms with Crippen LogP contribution >= 0.6 is 0 Å². The number of aromatic nitrogens is 2. The van der Waals surface area contributed by atoms with E-state index in [0.29, 0.717) is 17.1 Å². The van der Waals surface area contributed by atoms with Crippen molar-refractivity contribution in [3.05, 3.63) is 46.4 Å². The van der Waals surface area contributed by atoms with Crippen LogP contribution in [0, 0.1) is 6.92 Å². The highest BCUT2D eigenvalue weighted by molar-refractivity contribution is 5.49. The molecule has 1 heterocycles. The maximum Gasteiger partial charge on any atom is 0.273 e. The zero-order valence-corrected chi connectivity index (χ0v) is 10.6. The first-order chi connectivity index (χ1) is 8.65. The summed E-state index contributed by atoms with van der Waals surface area (Å²) in [5, 5.41) is 7.01. The van der Waals surface area contributed by atoms with Gasteiger partial charge in [-0.2, -0.15) is 9.78 Å². The van der Waals surface area contributed by atoms with E-state index in [2.05, 4.69) is 10.4 Å². The van der Waals surface area contributed by atoms with Gasteiger partial charge in [0.25, 0.3) is 5.56 Å². The first kappa shape index (κ1) is 12.2. The van der Waals surface area contributed by atoms with E-state index in [4.69, 9.17) is 4.74 Å². The standard InChI is InChI=1S/C13H15N3O2/c1-9-4-5-12(18-3)11(6-9)16-13(17)7-10(14-2)8-15-16/h4-8,14H,1-3H3. The van der Waals surface area contributed by atoms with Crippen molar-refractivity contribution in [2.45, 2.75) is 6.92 Å². The minimum atomic E-state index is -0.203. The first-order valence-electron chi connectivity index (χ1n) is 5.58. The van der Waals surface area contributed by atoms with Crippen LogP contribution in [0.25, 0.3) is 5.69 Å². The number of hydrogen-bond acceptors (Lipinski definition) is 4. The summed E-state index contributed by atoms with van der Waals surface area (Å²) in [6.45, 7) is 1.95. The lowest BCUT2D eigenvalue weighted by Crippen LogP contribution is -2.21. The van der Waals surface area contributed by atoms with Crippen LogP contribution in [0.15, 0.2) is 35.3 Å². The third kappa shape index (κ3) is 2.20. The Morgan fingerprint density at radius 1 is 1.33 bits per heavy atom. The van der Waals surface area contributed by atoms with Crippen LogP contribution in [0.2, 0.25) is 0 Å². The number of anilines is 1. The third-order valence-corrected chi connectivity index (χ3v) is 2.65. The van der Waals surface area contributed by atoms with Gasteiger partial charge in [-0.1, -0.05) is 6.07 Å². The van der Waals surface area contributed by atoms with Crippen molar-refractivity contribution < 1.29 is 4.74 Å². The lowest BCUT2D eigenvalue weighted by atomic mass is 10.2. The fraction of sp³-hybridized carbons (Fsp3) is 0.231. The number of nitrogens with one attached hydrogen (secondary N) is 1. The van der Waals surface area contributed by atoms with E-state index in [0.717, 1.165) is 5.56 Å². The Morgan fingerprint density at radius 2 is 2.11 bits per heavy atom. The highest BCUT2D eigenvalue weighted by Gasteiger charge is 2.08. The molecule has 2 rings (SSSR count). The second-order valence-corrected chi connectivity index (χ2v) is 3.92. The molecule has 5 heteroatoms. The molecule has 1 aromatic heterocycles. The third-order valence-electron chi connectivity index (χ3n) is 2.65. The Morgan fingerprint density at radius 3 is 2.72 bits per heavy atom. The van der Waals surface area contributed by atoms with Crippen molar-refractivity contribution in [2.24, 2.45) is 0 Å². The molecular formula is C13H15N3O2. The van der Waals surface area contributed by atoms with Crippen LogP contribution in [0.5, 0.6) is 5.75 Å². The summed E-state index contributed by atoms with van der Waals surface area (Å²) in [6.07, 6.45) is 1.60. The SMILES string of the molecule is CNc1cnn(-c2cc(C)ccc2OC)c(=O)c1. The summed E-state index contributed by atoms with van der Waals surface area (Å²) in [5.74, 6) is 0.618. The zero-order valence-electron chi connectivity index (χ0n) is 10.6. The minimum Gasteiger partial charge on any atom is -0.494 e. The van der Waals surface area contributed by atoms with Gasteiger partial charge in [0.2, 0.25) is 0 Å². The summed E-state index contributed by atoms with van der Waals surface area (Å²) < 4.78 is 6.58. The summed E-state index contributed by atoms with van der Waals surface area (Å²) in [7, 11) is 3.31. The van der Waals surface area contributed by atoms with Gasteiger partial charge in [0, 0.05) is 13.1 Å². The molecule has 0 atom stereocenters. The Balaban J connectivity index is 2.61. The average Bonchev–Trinajstić information content (AvgIpc) is 2.38. The molecule has 0 aliphatic rings. The molecular weight excluding hydrogens is 230 g/mol. The fourth-order valence-corrected chi connectivity index (χ4v) is 1.69. The molecule has 0 amide bonds. The average molecular weight is 245 g/mol. The molecule has 2 aromatic rings. The molecule has 1 N–H and O–H groups in total. The number of nitrogens with zero attached hydrogens (tertiary/aromatic N) is 2. The van der Waals surface area contributed by atoms with E-state index in [9.17, 15) is 4.79 Å². The van der Waals surface area contributed by atoms with Gasteiger partial charge in [0.1, 0.15) is 11.4 Å². The largest absolute Gasteiger partial charge is 0.494 e. The van der Waals surface area contributed by atoms with Gasteiger partial charge >= 0.3 is 0 Å². The maximum absolute atomic E-state index is 12.0. The van der Waals surface area contributed by atoms with Crippen molar-refractivity contribution in [1.29, 1.82) is 0 Å². The summed E-state index contributed by atoms with van der Waals surface area (Å²) >= 11 is 0. The summed E-state index contributed by atoms with van der Waals surface area (Å²) in [4.78, 5) is 12.0. The zero-order chi connectivity index (χ0) is 13.1. The predicted molar refractivity (Wildman–Crippen MR) is 70.7 cm³/mol. The van der Waals surface area contributed by atoms with Crippen molar-refractivity contribution in [2.75, 3.05) is 19.5 Å². The Kier molecular flexibility index (Phi) is 3.32. The van der Waals surface area contributed by atoms with Crippen LogP contribution < -0.4 is 15.6 Å². The molecule has 0 fully saturated rings. The Hall–Kier alpha value is -2.30. The Labute approximate surface area is 105 Å². The van der Waals surface area contributed by atoms with Gasteiger partial charge in [0.05, 0.1) is 19.0 Å². The van der Waals surface area contributed by atoms with E-state index in [1.807, 2.05) is 25.1 Å². The topological polar surface area (TPSA) is 56.1 Å². The van der Waals surface area contributed by atoms with Crippen LogP contribution in [0.3, 0.4) is 0 Å². The molecule has 0 saturated heterocycles. The molecule has 0 radical (unpaired) electrons. The van der Waals surface area contributed by atoms with Gasteiger partial charge in [-0.3, -0.25) is 4.79 Å². The minimum absolute atomic E-state index is 0.203. The highest BCUT2D eigenvalue weighted by atomic mass is 16.5. The molecule has 0 spiro atoms. The quantitative estimate of drug-likeness (QED) is 0.892. The normalized spacial score (nSPS) is 10.2. The smallest absolute Gasteiger partial charge is 0.273 e. The van der Waals surface area contributed by atoms with E-state index < -0.39 is 0 Å². The van der Waals surface area contributed by atoms with Gasteiger partial charge in [-0.05, 0) is 24.6 Å². The molecule has 0 saturated carbocycles. The van der Waals surface area contributed by atoms with Crippen molar-refractivity contribution in [1.82, 2.24) is 9.78 Å². The van der Waals surface area contributed by atoms with Crippen LogP contribution in [-0.2, 0) is 0 Å². The van der Waals surface area contributed by atoms with Crippen molar-refractivity contribution >= 4 is 5.69 Å². The summed E-state index contributed by atoms with van der Waals surface area (Å²) in [6, 6.07) is 7.11. The van der Waals surface area contributed by atoms with Crippen LogP contribution in [0.1, 0.15) is 5.56 Å². The van der Waals surface area contributed by atoms with E-state index in [1.165, 1.54) is 10.7 Å². The van der Waals surface area contributed by atoms with Crippen LogP contribution in [0.4, 0.5) is 5.69 Å². The fourth-order valence-electron chi connectivity index (χ4n) is 1.69. The monoisotopic (exact) mass is 245 g/mol. The van der Waals surface area contributed by atoms with E-state index in [1.54, 1.807) is 20.4 Å². The number of aryl methyl sites for hydroxylation is 1. The second-order valence-electron chi connectivity index (χ2n) is 3.92. The first-order valence-corrected chi connectivity index (χ1v) is 5.58. The van der Waals surface area contributed by atoms with Gasteiger partial charge in [-0.25, -0.2) is 0 Å². The van der Waals surface area contributed by atoms with Gasteiger partial charge < -0.3 is 10.1 Å². The summed E-state index contributed by atoms with van der Waals surface area (Å²) in [5.41, 5.74) is 2.16. The van der Waals surface area contributed by atoms with E-state index >= 15 is 0 Å². The molecule has 5 nitrogen and oxygen atoms in total. The molecule has 0 unspecified atom stereocenters. The maximum atomic E-state index is 12.0. The molecule has 1 aromatic carbocycles. The van der Waals surface area contributed by atoms with Crippen molar-refractivity contribution in [3.63, 3.8) is 0 Å². The Bertz CT molecular complexity index is 620. The van der Waals surface area contributed by atoms with Gasteiger partial charge in [-0.15, -0.1) is 0 Å². The second kappa shape index (κ2) is 4.91. The lowest BCUT2D eigenvalue weighted by Gasteiger charge is -2.11. The number of benzene rings is 1. The number of ether oxygens (including phenoxy) is 1. The molecule has 18 heavy (non-hydrogen) atoms. The predicted octanol–water partition coefficient (Wildman–Crippen LogP) is 1.59. The van der Waals surface area contributed by atoms with Gasteiger partial charge in [0.15, 0.2) is 0 Å². The highest BCUT2D eigenvalue weighted by Crippen LogP contribution is 2.22. The van der Waals surface area contributed by atoms with Crippen LogP contribution in [-0.4, -0.2) is 23.9 Å². The van der Waals surface area contributed by atoms with Crippen molar-refractivity contribution in [3.8, 4) is 11.4 Å². The number of rotatable bonds is 3. The molecule has 0 aliphatic carbocycles. The molecule has 94 valence electrons.